The first-order valence-corrected chi connectivity index (χ1v) is 12.7. The first-order chi connectivity index (χ1) is 16.2. The SMILES string of the molecule is Cc1cccc(OCC(O)CNc2nc(CN3CCOCC3)nc3sc4c(c23)CCCC4)c1. The van der Waals surface area contributed by atoms with Gasteiger partial charge in [0.25, 0.3) is 0 Å². The van der Waals surface area contributed by atoms with Crippen LogP contribution in [0.1, 0.15) is 34.7 Å². The molecule has 176 valence electrons. The molecule has 1 aliphatic carbocycles. The van der Waals surface area contributed by atoms with Gasteiger partial charge in [0.05, 0.1) is 25.1 Å². The topological polar surface area (TPSA) is 79.7 Å². The van der Waals surface area contributed by atoms with Crippen LogP contribution >= 0.6 is 11.3 Å². The van der Waals surface area contributed by atoms with Crippen LogP contribution < -0.4 is 10.1 Å². The first-order valence-electron chi connectivity index (χ1n) is 11.9. The van der Waals surface area contributed by atoms with Gasteiger partial charge in [-0.1, -0.05) is 12.1 Å². The van der Waals surface area contributed by atoms with Crippen LogP contribution in [0.2, 0.25) is 0 Å². The Balaban J connectivity index is 1.32. The van der Waals surface area contributed by atoms with E-state index in [0.717, 1.165) is 78.9 Å². The summed E-state index contributed by atoms with van der Waals surface area (Å²) in [5, 5.41) is 15.2. The zero-order chi connectivity index (χ0) is 22.6. The highest BCUT2D eigenvalue weighted by Crippen LogP contribution is 2.38. The van der Waals surface area contributed by atoms with Crippen LogP contribution in [0, 0.1) is 6.92 Å². The van der Waals surface area contributed by atoms with E-state index in [0.29, 0.717) is 6.54 Å². The molecular formula is C25H32N4O3S. The molecule has 1 aromatic carbocycles. The van der Waals surface area contributed by atoms with Gasteiger partial charge in [-0.3, -0.25) is 4.90 Å². The van der Waals surface area contributed by atoms with E-state index in [4.69, 9.17) is 19.4 Å². The number of hydrogen-bond acceptors (Lipinski definition) is 8. The molecule has 3 heterocycles. The highest BCUT2D eigenvalue weighted by Gasteiger charge is 2.22. The van der Waals surface area contributed by atoms with E-state index in [1.165, 1.54) is 23.3 Å². The molecule has 2 N–H and O–H groups in total. The number of ether oxygens (including phenoxy) is 2. The molecule has 1 fully saturated rings. The van der Waals surface area contributed by atoms with Gasteiger partial charge in [0, 0.05) is 24.5 Å². The van der Waals surface area contributed by atoms with Crippen LogP contribution in [0.5, 0.6) is 5.75 Å². The minimum atomic E-state index is -0.646. The molecule has 5 rings (SSSR count). The Morgan fingerprint density at radius 1 is 1.21 bits per heavy atom. The monoisotopic (exact) mass is 468 g/mol. The average Bonchev–Trinajstić information content (AvgIpc) is 3.20. The molecule has 3 aromatic rings. The number of fused-ring (bicyclic) bond motifs is 3. The number of aromatic nitrogens is 2. The molecule has 2 aromatic heterocycles. The number of hydrogen-bond donors (Lipinski definition) is 2. The van der Waals surface area contributed by atoms with Crippen molar-refractivity contribution in [2.75, 3.05) is 44.8 Å². The maximum atomic E-state index is 10.6. The fourth-order valence-electron chi connectivity index (χ4n) is 4.53. The molecule has 1 unspecified atom stereocenters. The molecule has 33 heavy (non-hydrogen) atoms. The van der Waals surface area contributed by atoms with Gasteiger partial charge in [-0.05, 0) is 55.9 Å². The number of morpholine rings is 1. The van der Waals surface area contributed by atoms with E-state index in [1.807, 2.05) is 42.5 Å². The number of rotatable bonds is 8. The van der Waals surface area contributed by atoms with Crippen LogP contribution in [0.4, 0.5) is 5.82 Å². The summed E-state index contributed by atoms with van der Waals surface area (Å²) in [7, 11) is 0. The number of aryl methyl sites for hydroxylation is 3. The number of benzene rings is 1. The Hall–Kier alpha value is -2.26. The van der Waals surface area contributed by atoms with Crippen LogP contribution in [0.25, 0.3) is 10.2 Å². The zero-order valence-corrected chi connectivity index (χ0v) is 20.0. The molecule has 2 aliphatic rings. The molecule has 0 saturated carbocycles. The predicted octanol–water partition coefficient (Wildman–Crippen LogP) is 3.56. The normalized spacial score (nSPS) is 17.6. The Morgan fingerprint density at radius 3 is 2.91 bits per heavy atom. The van der Waals surface area contributed by atoms with E-state index in [1.54, 1.807) is 0 Å². The maximum absolute atomic E-state index is 10.6. The number of thiophene rings is 1. The zero-order valence-electron chi connectivity index (χ0n) is 19.2. The van der Waals surface area contributed by atoms with Crippen LogP contribution in [-0.4, -0.2) is 65.5 Å². The van der Waals surface area contributed by atoms with Gasteiger partial charge in [0.2, 0.25) is 0 Å². The second-order valence-electron chi connectivity index (χ2n) is 8.93. The second kappa shape index (κ2) is 10.3. The standard InChI is InChI=1S/C25H32N4O3S/c1-17-5-4-6-19(13-17)32-16-18(30)14-26-24-23-20-7-2-3-8-21(20)33-25(23)28-22(27-24)15-29-9-11-31-12-10-29/h4-6,13,18,30H,2-3,7-12,14-16H2,1H3,(H,26,27,28). The molecule has 0 spiro atoms. The predicted molar refractivity (Wildman–Crippen MR) is 131 cm³/mol. The highest BCUT2D eigenvalue weighted by molar-refractivity contribution is 7.19. The van der Waals surface area contributed by atoms with Crippen molar-refractivity contribution in [2.45, 2.75) is 45.3 Å². The van der Waals surface area contributed by atoms with E-state index < -0.39 is 6.10 Å². The summed E-state index contributed by atoms with van der Waals surface area (Å²) in [4.78, 5) is 14.7. The van der Waals surface area contributed by atoms with Gasteiger partial charge in [0.15, 0.2) is 0 Å². The van der Waals surface area contributed by atoms with Crippen molar-refractivity contribution in [1.29, 1.82) is 0 Å². The van der Waals surface area contributed by atoms with E-state index >= 15 is 0 Å². The van der Waals surface area contributed by atoms with Crippen LogP contribution in [0.15, 0.2) is 24.3 Å². The minimum absolute atomic E-state index is 0.229. The van der Waals surface area contributed by atoms with Gasteiger partial charge in [-0.2, -0.15) is 0 Å². The maximum Gasteiger partial charge on any atom is 0.146 e. The number of nitrogens with zero attached hydrogens (tertiary/aromatic N) is 3. The summed E-state index contributed by atoms with van der Waals surface area (Å²) in [6.07, 6.45) is 4.01. The van der Waals surface area contributed by atoms with Crippen molar-refractivity contribution >= 4 is 27.4 Å². The van der Waals surface area contributed by atoms with Crippen molar-refractivity contribution in [1.82, 2.24) is 14.9 Å². The third-order valence-electron chi connectivity index (χ3n) is 6.27. The lowest BCUT2D eigenvalue weighted by atomic mass is 9.97. The van der Waals surface area contributed by atoms with Crippen molar-refractivity contribution in [3.8, 4) is 5.75 Å². The van der Waals surface area contributed by atoms with Crippen molar-refractivity contribution < 1.29 is 14.6 Å². The summed E-state index contributed by atoms with van der Waals surface area (Å²) in [6, 6.07) is 7.88. The quantitative estimate of drug-likeness (QED) is 0.523. The van der Waals surface area contributed by atoms with E-state index in [9.17, 15) is 5.11 Å². The van der Waals surface area contributed by atoms with Gasteiger partial charge in [-0.25, -0.2) is 9.97 Å². The van der Waals surface area contributed by atoms with E-state index in [2.05, 4.69) is 10.2 Å². The first kappa shape index (κ1) is 22.5. The third-order valence-corrected chi connectivity index (χ3v) is 7.45. The molecule has 0 bridgehead atoms. The van der Waals surface area contributed by atoms with Crippen molar-refractivity contribution in [2.24, 2.45) is 0 Å². The Morgan fingerprint density at radius 2 is 2.06 bits per heavy atom. The Bertz CT molecular complexity index is 1100. The lowest BCUT2D eigenvalue weighted by Crippen LogP contribution is -2.36. The number of nitrogens with one attached hydrogen (secondary N) is 1. The second-order valence-corrected chi connectivity index (χ2v) is 10.0. The third kappa shape index (κ3) is 5.46. The number of anilines is 1. The van der Waals surface area contributed by atoms with Crippen LogP contribution in [0.3, 0.4) is 0 Å². The Kier molecular flexibility index (Phi) is 7.06. The van der Waals surface area contributed by atoms with E-state index in [-0.39, 0.29) is 6.61 Å². The Labute approximate surface area is 198 Å². The lowest BCUT2D eigenvalue weighted by Gasteiger charge is -2.26. The molecule has 0 radical (unpaired) electrons. The average molecular weight is 469 g/mol. The largest absolute Gasteiger partial charge is 0.491 e. The van der Waals surface area contributed by atoms with Gasteiger partial charge >= 0.3 is 0 Å². The fourth-order valence-corrected chi connectivity index (χ4v) is 5.81. The minimum Gasteiger partial charge on any atom is -0.491 e. The molecule has 1 atom stereocenters. The fraction of sp³-hybridized carbons (Fsp3) is 0.520. The summed E-state index contributed by atoms with van der Waals surface area (Å²) < 4.78 is 11.3. The smallest absolute Gasteiger partial charge is 0.146 e. The lowest BCUT2D eigenvalue weighted by molar-refractivity contribution is 0.0331. The summed E-state index contributed by atoms with van der Waals surface area (Å²) >= 11 is 1.81. The van der Waals surface area contributed by atoms with Crippen LogP contribution in [-0.2, 0) is 24.1 Å². The molecular weight excluding hydrogens is 436 g/mol. The van der Waals surface area contributed by atoms with Gasteiger partial charge in [0.1, 0.15) is 34.9 Å². The number of aliphatic hydroxyl groups excluding tert-OH is 1. The molecule has 8 heteroatoms. The summed E-state index contributed by atoms with van der Waals surface area (Å²) in [6.45, 7) is 6.67. The van der Waals surface area contributed by atoms with Gasteiger partial charge in [-0.15, -0.1) is 11.3 Å². The molecule has 0 amide bonds. The highest BCUT2D eigenvalue weighted by atomic mass is 32.1. The van der Waals surface area contributed by atoms with Crippen molar-refractivity contribution in [3.63, 3.8) is 0 Å². The number of aliphatic hydroxyl groups is 1. The summed E-state index contributed by atoms with van der Waals surface area (Å²) in [5.41, 5.74) is 2.53. The molecule has 1 aliphatic heterocycles. The summed E-state index contributed by atoms with van der Waals surface area (Å²) in [5.74, 6) is 2.45. The molecule has 7 nitrogen and oxygen atoms in total. The van der Waals surface area contributed by atoms with Gasteiger partial charge < -0.3 is 19.9 Å². The molecule has 1 saturated heterocycles. The van der Waals surface area contributed by atoms with Crippen molar-refractivity contribution in [3.05, 3.63) is 46.1 Å².